The molecule has 110 valence electrons. The van der Waals surface area contributed by atoms with E-state index in [2.05, 4.69) is 10.6 Å². The van der Waals surface area contributed by atoms with Crippen molar-refractivity contribution < 1.29 is 14.7 Å². The molecule has 0 aromatic heterocycles. The number of carbonyl (C=O) groups excluding carboxylic acids is 2. The average Bonchev–Trinajstić information content (AvgIpc) is 2.44. The molecule has 0 radical (unpaired) electrons. The van der Waals surface area contributed by atoms with Crippen LogP contribution in [0.1, 0.15) is 19.4 Å². The van der Waals surface area contributed by atoms with Crippen LogP contribution in [0.25, 0.3) is 0 Å². The topological polar surface area (TPSA) is 104 Å². The van der Waals surface area contributed by atoms with Gasteiger partial charge in [-0.15, -0.1) is 0 Å². The van der Waals surface area contributed by atoms with E-state index in [1.165, 1.54) is 0 Å². The maximum Gasteiger partial charge on any atom is 0.243 e. The Hall–Kier alpha value is -1.92. The number of rotatable bonds is 6. The van der Waals surface area contributed by atoms with Crippen molar-refractivity contribution in [1.82, 2.24) is 5.32 Å². The molecule has 1 atom stereocenters. The molecule has 0 bridgehead atoms. The van der Waals surface area contributed by atoms with Gasteiger partial charge in [0.15, 0.2) is 0 Å². The first-order valence-corrected chi connectivity index (χ1v) is 6.47. The molecule has 1 rings (SSSR count). The number of hydrogen-bond acceptors (Lipinski definition) is 4. The minimum Gasteiger partial charge on any atom is -0.392 e. The lowest BCUT2D eigenvalue weighted by atomic mass is 10.1. The minimum atomic E-state index is -0.619. The van der Waals surface area contributed by atoms with Crippen LogP contribution in [0.3, 0.4) is 0 Å². The number of hydrogen-bond donors (Lipinski definition) is 4. The predicted octanol–water partition coefficient (Wildman–Crippen LogP) is 0.217. The number of anilines is 1. The van der Waals surface area contributed by atoms with Gasteiger partial charge in [-0.2, -0.15) is 0 Å². The summed E-state index contributed by atoms with van der Waals surface area (Å²) in [6.07, 6.45) is 0. The Labute approximate surface area is 118 Å². The van der Waals surface area contributed by atoms with Gasteiger partial charge in [0, 0.05) is 5.69 Å². The van der Waals surface area contributed by atoms with E-state index in [-0.39, 0.29) is 30.9 Å². The van der Waals surface area contributed by atoms with Crippen LogP contribution in [0, 0.1) is 5.92 Å². The van der Waals surface area contributed by atoms with Gasteiger partial charge in [-0.1, -0.05) is 26.0 Å². The number of aliphatic hydroxyl groups excluding tert-OH is 1. The number of nitrogens with two attached hydrogens (primary N) is 1. The van der Waals surface area contributed by atoms with E-state index in [0.717, 1.165) is 5.56 Å². The summed E-state index contributed by atoms with van der Waals surface area (Å²) in [6.45, 7) is 3.51. The van der Waals surface area contributed by atoms with Crippen molar-refractivity contribution >= 4 is 17.5 Å². The molecule has 6 heteroatoms. The molecule has 0 aliphatic heterocycles. The summed E-state index contributed by atoms with van der Waals surface area (Å²) >= 11 is 0. The van der Waals surface area contributed by atoms with Crippen LogP contribution in [0.15, 0.2) is 24.3 Å². The fourth-order valence-electron chi connectivity index (χ4n) is 1.49. The molecule has 2 amide bonds. The summed E-state index contributed by atoms with van der Waals surface area (Å²) in [5.41, 5.74) is 7.03. The molecule has 0 heterocycles. The zero-order valence-electron chi connectivity index (χ0n) is 11.7. The molecule has 0 saturated carbocycles. The maximum atomic E-state index is 11.6. The molecule has 0 aliphatic carbocycles. The quantitative estimate of drug-likeness (QED) is 0.597. The van der Waals surface area contributed by atoms with Crippen LogP contribution in [-0.4, -0.2) is 29.5 Å². The highest BCUT2D eigenvalue weighted by Gasteiger charge is 2.17. The third kappa shape index (κ3) is 4.99. The molecule has 1 aromatic carbocycles. The fraction of sp³-hybridized carbons (Fsp3) is 0.429. The van der Waals surface area contributed by atoms with Crippen molar-refractivity contribution in [2.75, 3.05) is 11.9 Å². The Morgan fingerprint density at radius 3 is 2.35 bits per heavy atom. The Kier molecular flexibility index (Phi) is 6.14. The highest BCUT2D eigenvalue weighted by atomic mass is 16.3. The molecule has 1 aromatic rings. The number of benzene rings is 1. The van der Waals surface area contributed by atoms with Gasteiger partial charge in [-0.25, -0.2) is 0 Å². The number of amides is 2. The van der Waals surface area contributed by atoms with Gasteiger partial charge in [0.25, 0.3) is 0 Å². The number of carbonyl (C=O) groups is 2. The monoisotopic (exact) mass is 279 g/mol. The number of aliphatic hydroxyl groups is 1. The lowest BCUT2D eigenvalue weighted by Gasteiger charge is -2.15. The Morgan fingerprint density at radius 2 is 1.85 bits per heavy atom. The minimum absolute atomic E-state index is 0.0177. The first kappa shape index (κ1) is 16.1. The zero-order chi connectivity index (χ0) is 15.1. The van der Waals surface area contributed by atoms with Crippen LogP contribution in [0.5, 0.6) is 0 Å². The van der Waals surface area contributed by atoms with E-state index in [1.54, 1.807) is 24.3 Å². The van der Waals surface area contributed by atoms with E-state index in [4.69, 9.17) is 10.8 Å². The van der Waals surface area contributed by atoms with Crippen molar-refractivity contribution in [2.45, 2.75) is 26.5 Å². The van der Waals surface area contributed by atoms with Crippen molar-refractivity contribution in [2.24, 2.45) is 11.7 Å². The standard InChI is InChI=1S/C14H21N3O3/c1-9(2)13(15)14(20)16-7-12(19)17-11-5-3-10(8-18)4-6-11/h3-6,9,13,18H,7-8,15H2,1-2H3,(H,16,20)(H,17,19)/t13-/m0/s1. The first-order chi connectivity index (χ1) is 9.43. The molecule has 0 aliphatic rings. The lowest BCUT2D eigenvalue weighted by molar-refractivity contribution is -0.125. The van der Waals surface area contributed by atoms with E-state index in [9.17, 15) is 9.59 Å². The smallest absolute Gasteiger partial charge is 0.243 e. The van der Waals surface area contributed by atoms with E-state index in [0.29, 0.717) is 5.69 Å². The van der Waals surface area contributed by atoms with Crippen LogP contribution in [0.2, 0.25) is 0 Å². The molecular formula is C14H21N3O3. The summed E-state index contributed by atoms with van der Waals surface area (Å²) in [5, 5.41) is 14.0. The van der Waals surface area contributed by atoms with Crippen LogP contribution < -0.4 is 16.4 Å². The van der Waals surface area contributed by atoms with E-state index < -0.39 is 6.04 Å². The summed E-state index contributed by atoms with van der Waals surface area (Å²) < 4.78 is 0. The SMILES string of the molecule is CC(C)[C@H](N)C(=O)NCC(=O)Nc1ccc(CO)cc1. The second-order valence-electron chi connectivity index (χ2n) is 4.89. The Morgan fingerprint density at radius 1 is 1.25 bits per heavy atom. The molecule has 0 spiro atoms. The summed E-state index contributed by atoms with van der Waals surface area (Å²) in [6, 6.07) is 6.17. The van der Waals surface area contributed by atoms with Crippen molar-refractivity contribution in [3.63, 3.8) is 0 Å². The lowest BCUT2D eigenvalue weighted by Crippen LogP contribution is -2.46. The molecule has 6 nitrogen and oxygen atoms in total. The normalized spacial score (nSPS) is 12.1. The summed E-state index contributed by atoms with van der Waals surface area (Å²) in [4.78, 5) is 23.2. The maximum absolute atomic E-state index is 11.6. The highest BCUT2D eigenvalue weighted by Crippen LogP contribution is 2.09. The Balaban J connectivity index is 2.41. The Bertz CT molecular complexity index is 457. The second-order valence-corrected chi connectivity index (χ2v) is 4.89. The summed E-state index contributed by atoms with van der Waals surface area (Å²) in [7, 11) is 0. The fourth-order valence-corrected chi connectivity index (χ4v) is 1.49. The molecule has 0 saturated heterocycles. The largest absolute Gasteiger partial charge is 0.392 e. The van der Waals surface area contributed by atoms with Crippen LogP contribution >= 0.6 is 0 Å². The van der Waals surface area contributed by atoms with Gasteiger partial charge in [0.1, 0.15) is 0 Å². The molecule has 20 heavy (non-hydrogen) atoms. The van der Waals surface area contributed by atoms with E-state index >= 15 is 0 Å². The highest BCUT2D eigenvalue weighted by molar-refractivity contribution is 5.95. The van der Waals surface area contributed by atoms with Gasteiger partial charge in [-0.3, -0.25) is 9.59 Å². The van der Waals surface area contributed by atoms with Gasteiger partial charge in [-0.05, 0) is 23.6 Å². The zero-order valence-corrected chi connectivity index (χ0v) is 11.7. The number of nitrogens with one attached hydrogen (secondary N) is 2. The van der Waals surface area contributed by atoms with Gasteiger partial charge in [0.2, 0.25) is 11.8 Å². The van der Waals surface area contributed by atoms with Crippen molar-refractivity contribution in [3.05, 3.63) is 29.8 Å². The van der Waals surface area contributed by atoms with Crippen LogP contribution in [-0.2, 0) is 16.2 Å². The van der Waals surface area contributed by atoms with Gasteiger partial charge < -0.3 is 21.5 Å². The van der Waals surface area contributed by atoms with Crippen molar-refractivity contribution in [1.29, 1.82) is 0 Å². The molecule has 0 fully saturated rings. The van der Waals surface area contributed by atoms with Crippen molar-refractivity contribution in [3.8, 4) is 0 Å². The third-order valence-electron chi connectivity index (χ3n) is 2.86. The third-order valence-corrected chi connectivity index (χ3v) is 2.86. The van der Waals surface area contributed by atoms with Crippen LogP contribution in [0.4, 0.5) is 5.69 Å². The molecule has 0 unspecified atom stereocenters. The molecule has 5 N–H and O–H groups in total. The van der Waals surface area contributed by atoms with E-state index in [1.807, 2.05) is 13.8 Å². The predicted molar refractivity (Wildman–Crippen MR) is 76.8 cm³/mol. The average molecular weight is 279 g/mol. The van der Waals surface area contributed by atoms with Gasteiger partial charge in [0.05, 0.1) is 19.2 Å². The molecular weight excluding hydrogens is 258 g/mol. The van der Waals surface area contributed by atoms with Gasteiger partial charge >= 0.3 is 0 Å². The second kappa shape index (κ2) is 7.62. The summed E-state index contributed by atoms with van der Waals surface area (Å²) in [5.74, 6) is -0.652. The first-order valence-electron chi connectivity index (χ1n) is 6.47.